The standard InChI is InChI=1S/C15H27ClN4/c1-4-13-15(16)14(19(3)18-13)11-20(5-2)10-12-6-8-17-9-7-12/h12,17H,4-11H2,1-3H3. The third kappa shape index (κ3) is 3.74. The second-order valence-electron chi connectivity index (χ2n) is 5.71. The Morgan fingerprint density at radius 1 is 1.35 bits per heavy atom. The van der Waals surface area contributed by atoms with Gasteiger partial charge in [0.05, 0.1) is 16.4 Å². The van der Waals surface area contributed by atoms with E-state index in [2.05, 4.69) is 29.2 Å². The molecular formula is C15H27ClN4. The van der Waals surface area contributed by atoms with Crippen molar-refractivity contribution in [2.75, 3.05) is 26.2 Å². The maximum Gasteiger partial charge on any atom is 0.0863 e. The molecule has 1 aliphatic rings. The Kier molecular flexibility index (Phi) is 5.87. The SMILES string of the molecule is CCc1nn(C)c(CN(CC)CC2CCNCC2)c1Cl. The van der Waals surface area contributed by atoms with E-state index in [1.54, 1.807) is 0 Å². The third-order valence-electron chi connectivity index (χ3n) is 4.30. The maximum absolute atomic E-state index is 6.45. The highest BCUT2D eigenvalue weighted by Gasteiger charge is 2.19. The lowest BCUT2D eigenvalue weighted by atomic mass is 9.97. The minimum absolute atomic E-state index is 0.814. The van der Waals surface area contributed by atoms with Crippen LogP contribution in [0.15, 0.2) is 0 Å². The van der Waals surface area contributed by atoms with Crippen molar-refractivity contribution in [1.82, 2.24) is 20.0 Å². The first-order valence-corrected chi connectivity index (χ1v) is 8.16. The van der Waals surface area contributed by atoms with Gasteiger partial charge in [0.15, 0.2) is 0 Å². The van der Waals surface area contributed by atoms with Crippen molar-refractivity contribution >= 4 is 11.6 Å². The van der Waals surface area contributed by atoms with Gasteiger partial charge >= 0.3 is 0 Å². The van der Waals surface area contributed by atoms with Crippen LogP contribution in [0.3, 0.4) is 0 Å². The van der Waals surface area contributed by atoms with Gasteiger partial charge in [0.25, 0.3) is 0 Å². The lowest BCUT2D eigenvalue weighted by Crippen LogP contribution is -2.36. The second-order valence-corrected chi connectivity index (χ2v) is 6.08. The van der Waals surface area contributed by atoms with Crippen LogP contribution in [0.25, 0.3) is 0 Å². The molecule has 1 aromatic heterocycles. The van der Waals surface area contributed by atoms with Crippen LogP contribution in [0.1, 0.15) is 38.1 Å². The number of hydrogen-bond donors (Lipinski definition) is 1. The van der Waals surface area contributed by atoms with Crippen LogP contribution < -0.4 is 5.32 Å². The van der Waals surface area contributed by atoms with Gasteiger partial charge in [-0.1, -0.05) is 25.4 Å². The number of piperidine rings is 1. The molecule has 2 heterocycles. The average Bonchev–Trinajstić information content (AvgIpc) is 2.74. The summed E-state index contributed by atoms with van der Waals surface area (Å²) in [5.74, 6) is 0.814. The number of aryl methyl sites for hydroxylation is 2. The largest absolute Gasteiger partial charge is 0.317 e. The Morgan fingerprint density at radius 3 is 2.60 bits per heavy atom. The number of aromatic nitrogens is 2. The summed E-state index contributed by atoms with van der Waals surface area (Å²) in [6.45, 7) is 9.79. The Labute approximate surface area is 127 Å². The van der Waals surface area contributed by atoms with E-state index in [-0.39, 0.29) is 0 Å². The molecule has 5 heteroatoms. The molecular weight excluding hydrogens is 272 g/mol. The summed E-state index contributed by atoms with van der Waals surface area (Å²) in [6, 6.07) is 0. The Hall–Kier alpha value is -0.580. The molecule has 1 saturated heterocycles. The molecule has 0 amide bonds. The summed E-state index contributed by atoms with van der Waals surface area (Å²) < 4.78 is 1.95. The minimum Gasteiger partial charge on any atom is -0.317 e. The van der Waals surface area contributed by atoms with Crippen molar-refractivity contribution in [2.24, 2.45) is 13.0 Å². The zero-order valence-corrected chi connectivity index (χ0v) is 13.7. The van der Waals surface area contributed by atoms with E-state index in [1.165, 1.54) is 19.4 Å². The highest BCUT2D eigenvalue weighted by atomic mass is 35.5. The monoisotopic (exact) mass is 298 g/mol. The molecule has 1 N–H and O–H groups in total. The topological polar surface area (TPSA) is 33.1 Å². The molecule has 4 nitrogen and oxygen atoms in total. The normalized spacial score (nSPS) is 17.1. The van der Waals surface area contributed by atoms with E-state index >= 15 is 0 Å². The zero-order valence-electron chi connectivity index (χ0n) is 13.0. The summed E-state index contributed by atoms with van der Waals surface area (Å²) in [6.07, 6.45) is 3.47. The summed E-state index contributed by atoms with van der Waals surface area (Å²) in [5, 5.41) is 8.80. The van der Waals surface area contributed by atoms with E-state index < -0.39 is 0 Å². The highest BCUT2D eigenvalue weighted by molar-refractivity contribution is 6.31. The van der Waals surface area contributed by atoms with Gasteiger partial charge in [0.1, 0.15) is 0 Å². The molecule has 1 aromatic rings. The smallest absolute Gasteiger partial charge is 0.0863 e. The molecule has 0 unspecified atom stereocenters. The number of hydrogen-bond acceptors (Lipinski definition) is 3. The summed E-state index contributed by atoms with van der Waals surface area (Å²) in [7, 11) is 2.00. The van der Waals surface area contributed by atoms with Gasteiger partial charge in [-0.05, 0) is 44.8 Å². The Bertz CT molecular complexity index is 424. The molecule has 1 aliphatic heterocycles. The fourth-order valence-electron chi connectivity index (χ4n) is 2.94. The van der Waals surface area contributed by atoms with Crippen LogP contribution >= 0.6 is 11.6 Å². The van der Waals surface area contributed by atoms with Crippen LogP contribution in [0.4, 0.5) is 0 Å². The fraction of sp³-hybridized carbons (Fsp3) is 0.800. The number of nitrogens with one attached hydrogen (secondary N) is 1. The summed E-state index contributed by atoms with van der Waals surface area (Å²) >= 11 is 6.45. The lowest BCUT2D eigenvalue weighted by Gasteiger charge is -2.29. The van der Waals surface area contributed by atoms with Crippen molar-refractivity contribution in [3.8, 4) is 0 Å². The van der Waals surface area contributed by atoms with E-state index in [9.17, 15) is 0 Å². The van der Waals surface area contributed by atoms with Gasteiger partial charge < -0.3 is 5.32 Å². The van der Waals surface area contributed by atoms with E-state index in [0.29, 0.717) is 0 Å². The van der Waals surface area contributed by atoms with Crippen LogP contribution in [0, 0.1) is 5.92 Å². The highest BCUT2D eigenvalue weighted by Crippen LogP contribution is 2.23. The predicted molar refractivity (Wildman–Crippen MR) is 84.1 cm³/mol. The molecule has 0 aliphatic carbocycles. The first-order chi connectivity index (χ1) is 9.65. The fourth-order valence-corrected chi connectivity index (χ4v) is 3.29. The quantitative estimate of drug-likeness (QED) is 0.876. The molecule has 1 fully saturated rings. The van der Waals surface area contributed by atoms with Gasteiger partial charge in [-0.3, -0.25) is 9.58 Å². The molecule has 0 spiro atoms. The summed E-state index contributed by atoms with van der Waals surface area (Å²) in [4.78, 5) is 2.50. The van der Waals surface area contributed by atoms with Crippen molar-refractivity contribution in [3.63, 3.8) is 0 Å². The van der Waals surface area contributed by atoms with Gasteiger partial charge in [-0.15, -0.1) is 0 Å². The predicted octanol–water partition coefficient (Wildman–Crippen LogP) is 2.46. The van der Waals surface area contributed by atoms with Gasteiger partial charge in [0.2, 0.25) is 0 Å². The third-order valence-corrected chi connectivity index (χ3v) is 4.73. The average molecular weight is 299 g/mol. The first kappa shape index (κ1) is 15.8. The summed E-state index contributed by atoms with van der Waals surface area (Å²) in [5.41, 5.74) is 2.17. The first-order valence-electron chi connectivity index (χ1n) is 7.79. The second kappa shape index (κ2) is 7.43. The van der Waals surface area contributed by atoms with Crippen LogP contribution in [-0.4, -0.2) is 40.9 Å². The van der Waals surface area contributed by atoms with Crippen LogP contribution in [-0.2, 0) is 20.0 Å². The molecule has 114 valence electrons. The molecule has 0 aromatic carbocycles. The molecule has 0 saturated carbocycles. The van der Waals surface area contributed by atoms with Crippen LogP contribution in [0.2, 0.25) is 5.02 Å². The molecule has 0 atom stereocenters. The van der Waals surface area contributed by atoms with E-state index in [0.717, 1.165) is 54.9 Å². The lowest BCUT2D eigenvalue weighted by molar-refractivity contribution is 0.203. The van der Waals surface area contributed by atoms with Crippen LogP contribution in [0.5, 0.6) is 0 Å². The van der Waals surface area contributed by atoms with E-state index in [1.807, 2.05) is 11.7 Å². The van der Waals surface area contributed by atoms with Crippen molar-refractivity contribution < 1.29 is 0 Å². The number of rotatable bonds is 6. The Morgan fingerprint density at radius 2 is 2.05 bits per heavy atom. The molecule has 20 heavy (non-hydrogen) atoms. The minimum atomic E-state index is 0.814. The van der Waals surface area contributed by atoms with Crippen molar-refractivity contribution in [1.29, 1.82) is 0 Å². The molecule has 0 bridgehead atoms. The van der Waals surface area contributed by atoms with Gasteiger partial charge in [-0.2, -0.15) is 5.10 Å². The zero-order chi connectivity index (χ0) is 14.5. The van der Waals surface area contributed by atoms with Gasteiger partial charge in [0, 0.05) is 20.1 Å². The maximum atomic E-state index is 6.45. The Balaban J connectivity index is 2.00. The molecule has 0 radical (unpaired) electrons. The van der Waals surface area contributed by atoms with Crippen molar-refractivity contribution in [2.45, 2.75) is 39.7 Å². The molecule has 2 rings (SSSR count). The van der Waals surface area contributed by atoms with Crippen molar-refractivity contribution in [3.05, 3.63) is 16.4 Å². The van der Waals surface area contributed by atoms with E-state index in [4.69, 9.17) is 11.6 Å². The number of nitrogens with zero attached hydrogens (tertiary/aromatic N) is 3. The van der Waals surface area contributed by atoms with Gasteiger partial charge in [-0.25, -0.2) is 0 Å². The number of halogens is 1.